The Kier molecular flexibility index (Phi) is 7.05. The Labute approximate surface area is 277 Å². The number of rotatable bonds is 4. The molecule has 0 fully saturated rings. The van der Waals surface area contributed by atoms with Crippen molar-refractivity contribution in [3.05, 3.63) is 150 Å². The molecule has 49 heavy (non-hydrogen) atoms. The van der Waals surface area contributed by atoms with Crippen molar-refractivity contribution in [2.24, 2.45) is 0 Å². The predicted octanol–water partition coefficient (Wildman–Crippen LogP) is 10.2. The molecule has 0 aliphatic carbocycles. The third kappa shape index (κ3) is 5.00. The van der Waals surface area contributed by atoms with Crippen LogP contribution < -0.4 is 0 Å². The fraction of sp³-hybridized carbons (Fsp3) is 0. The summed E-state index contributed by atoms with van der Waals surface area (Å²) in [5.74, 6) is -4.24. The zero-order valence-electron chi connectivity index (χ0n) is 25.4. The molecule has 0 amide bonds. The molecule has 0 unspecified atom stereocenters. The lowest BCUT2D eigenvalue weighted by molar-refractivity contribution is 0.448. The van der Waals surface area contributed by atoms with Gasteiger partial charge in [-0.15, -0.1) is 0 Å². The highest BCUT2D eigenvalue weighted by molar-refractivity contribution is 6.23. The topological polar surface area (TPSA) is 86.2 Å². The number of benzene rings is 6. The van der Waals surface area contributed by atoms with Gasteiger partial charge in [-0.2, -0.15) is 10.5 Å². The maximum atomic E-state index is 14.8. The maximum Gasteiger partial charge on any atom is 0.194 e. The number of para-hydroxylation sites is 1. The smallest absolute Gasteiger partial charge is 0.194 e. The SMILES string of the molecule is N#Cc1ccc(-c2nc3c(-c4cc(F)c(F)c(F)c4)cc4c(-c5ccccc5)nc5ccccc5c4c3nc2-c2ccc(C#N)cc2)cc1. The van der Waals surface area contributed by atoms with Crippen molar-refractivity contribution in [2.45, 2.75) is 0 Å². The summed E-state index contributed by atoms with van der Waals surface area (Å²) in [6.07, 6.45) is 0. The van der Waals surface area contributed by atoms with Crippen molar-refractivity contribution in [2.75, 3.05) is 0 Å². The highest BCUT2D eigenvalue weighted by Crippen LogP contribution is 2.43. The predicted molar refractivity (Wildman–Crippen MR) is 183 cm³/mol. The zero-order valence-corrected chi connectivity index (χ0v) is 25.4. The van der Waals surface area contributed by atoms with Crippen molar-refractivity contribution in [3.63, 3.8) is 0 Å². The lowest BCUT2D eigenvalue weighted by atomic mass is 9.92. The van der Waals surface area contributed by atoms with Gasteiger partial charge in [0.2, 0.25) is 0 Å². The molecule has 8 rings (SSSR count). The van der Waals surface area contributed by atoms with Crippen LogP contribution >= 0.6 is 0 Å². The van der Waals surface area contributed by atoms with Gasteiger partial charge in [0.1, 0.15) is 0 Å². The molecule has 0 saturated carbocycles. The molecule has 0 atom stereocenters. The molecule has 8 aromatic rings. The van der Waals surface area contributed by atoms with E-state index in [4.69, 9.17) is 15.0 Å². The molecular weight excluding hydrogens is 619 g/mol. The van der Waals surface area contributed by atoms with E-state index in [-0.39, 0.29) is 5.56 Å². The first-order chi connectivity index (χ1) is 23.9. The minimum Gasteiger partial charge on any atom is -0.247 e. The number of nitrogens with zero attached hydrogens (tertiary/aromatic N) is 5. The van der Waals surface area contributed by atoms with Crippen LogP contribution in [0.25, 0.3) is 77.6 Å². The fourth-order valence-electron chi connectivity index (χ4n) is 6.19. The summed E-state index contributed by atoms with van der Waals surface area (Å²) in [4.78, 5) is 15.5. The van der Waals surface area contributed by atoms with E-state index < -0.39 is 17.5 Å². The van der Waals surface area contributed by atoms with Gasteiger partial charge in [0.05, 0.1) is 56.9 Å². The lowest BCUT2D eigenvalue weighted by Crippen LogP contribution is -2.01. The van der Waals surface area contributed by atoms with Gasteiger partial charge in [0.25, 0.3) is 0 Å². The molecule has 0 saturated heterocycles. The summed E-state index contributed by atoms with van der Waals surface area (Å²) in [6, 6.07) is 38.9. The molecule has 230 valence electrons. The van der Waals surface area contributed by atoms with Gasteiger partial charge in [-0.25, -0.2) is 28.1 Å². The Morgan fingerprint density at radius 1 is 0.469 bits per heavy atom. The summed E-state index contributed by atoms with van der Waals surface area (Å²) in [5.41, 5.74) is 6.45. The third-order valence-corrected chi connectivity index (χ3v) is 8.52. The van der Waals surface area contributed by atoms with Gasteiger partial charge >= 0.3 is 0 Å². The van der Waals surface area contributed by atoms with E-state index in [0.717, 1.165) is 28.5 Å². The van der Waals surface area contributed by atoms with Crippen molar-refractivity contribution >= 4 is 32.7 Å². The van der Waals surface area contributed by atoms with Crippen LogP contribution in [-0.2, 0) is 0 Å². The molecule has 0 aliphatic heterocycles. The zero-order chi connectivity index (χ0) is 33.6. The molecule has 8 heteroatoms. The van der Waals surface area contributed by atoms with Crippen LogP contribution in [0.1, 0.15) is 11.1 Å². The summed E-state index contributed by atoms with van der Waals surface area (Å²) >= 11 is 0. The number of pyridine rings is 1. The second kappa shape index (κ2) is 11.7. The first-order valence-corrected chi connectivity index (χ1v) is 15.2. The van der Waals surface area contributed by atoms with E-state index in [0.29, 0.717) is 66.8 Å². The van der Waals surface area contributed by atoms with Gasteiger partial charge in [0.15, 0.2) is 17.5 Å². The first kappa shape index (κ1) is 29.5. The lowest BCUT2D eigenvalue weighted by Gasteiger charge is -2.18. The van der Waals surface area contributed by atoms with Crippen LogP contribution in [0.5, 0.6) is 0 Å². The average molecular weight is 640 g/mol. The molecule has 5 nitrogen and oxygen atoms in total. The van der Waals surface area contributed by atoms with Crippen molar-refractivity contribution in [1.29, 1.82) is 10.5 Å². The van der Waals surface area contributed by atoms with Gasteiger partial charge < -0.3 is 0 Å². The van der Waals surface area contributed by atoms with Crippen LogP contribution in [0.4, 0.5) is 13.2 Å². The van der Waals surface area contributed by atoms with Crippen LogP contribution in [0.15, 0.2) is 121 Å². The summed E-state index contributed by atoms with van der Waals surface area (Å²) in [5, 5.41) is 21.1. The summed E-state index contributed by atoms with van der Waals surface area (Å²) in [6.45, 7) is 0. The van der Waals surface area contributed by atoms with Crippen molar-refractivity contribution in [1.82, 2.24) is 15.0 Å². The second-order valence-corrected chi connectivity index (χ2v) is 11.4. The Bertz CT molecular complexity index is 2670. The number of aromatic nitrogens is 3. The summed E-state index contributed by atoms with van der Waals surface area (Å²) < 4.78 is 43.9. The van der Waals surface area contributed by atoms with E-state index >= 15 is 0 Å². The fourth-order valence-corrected chi connectivity index (χ4v) is 6.19. The molecule has 0 bridgehead atoms. The van der Waals surface area contributed by atoms with Gasteiger partial charge in [-0.1, -0.05) is 72.8 Å². The third-order valence-electron chi connectivity index (χ3n) is 8.52. The number of hydrogen-bond donors (Lipinski definition) is 0. The van der Waals surface area contributed by atoms with E-state index in [1.54, 1.807) is 54.6 Å². The average Bonchev–Trinajstić information content (AvgIpc) is 3.15. The number of fused-ring (bicyclic) bond motifs is 5. The van der Waals surface area contributed by atoms with E-state index in [9.17, 15) is 23.7 Å². The number of halogens is 3. The highest BCUT2D eigenvalue weighted by Gasteiger charge is 2.23. The van der Waals surface area contributed by atoms with E-state index in [1.165, 1.54) is 0 Å². The Morgan fingerprint density at radius 2 is 1.00 bits per heavy atom. The van der Waals surface area contributed by atoms with E-state index in [1.807, 2.05) is 54.6 Å². The Balaban J connectivity index is 1.59. The standard InChI is InChI=1S/C41H20F3N5/c42-32-18-28(19-33(43)36(32)44)30-20-31-35(29-8-4-5-9-34(29)47-37(31)25-6-2-1-3-7-25)41-40(30)48-38(26-14-10-23(21-45)11-15-26)39(49-41)27-16-12-24(22-46)13-17-27/h1-20H. The quantitative estimate of drug-likeness (QED) is 0.141. The van der Waals surface area contributed by atoms with Gasteiger partial charge in [0, 0.05) is 38.4 Å². The normalized spacial score (nSPS) is 11.1. The molecular formula is C41H20F3N5. The minimum atomic E-state index is -1.57. The van der Waals surface area contributed by atoms with Gasteiger partial charge in [-0.3, -0.25) is 0 Å². The van der Waals surface area contributed by atoms with Crippen LogP contribution in [-0.4, -0.2) is 15.0 Å². The molecule has 0 radical (unpaired) electrons. The first-order valence-electron chi connectivity index (χ1n) is 15.2. The van der Waals surface area contributed by atoms with E-state index in [2.05, 4.69) is 12.1 Å². The molecule has 2 heterocycles. The monoisotopic (exact) mass is 639 g/mol. The second-order valence-electron chi connectivity index (χ2n) is 11.4. The largest absolute Gasteiger partial charge is 0.247 e. The van der Waals surface area contributed by atoms with Crippen LogP contribution in [0.3, 0.4) is 0 Å². The summed E-state index contributed by atoms with van der Waals surface area (Å²) in [7, 11) is 0. The molecule has 0 N–H and O–H groups in total. The molecule has 0 spiro atoms. The Hall–Kier alpha value is -6.90. The molecule has 0 aliphatic rings. The number of nitriles is 2. The maximum absolute atomic E-state index is 14.8. The van der Waals surface area contributed by atoms with Crippen LogP contribution in [0, 0.1) is 40.1 Å². The van der Waals surface area contributed by atoms with Gasteiger partial charge in [-0.05, 0) is 54.1 Å². The minimum absolute atomic E-state index is 0.0710. The number of hydrogen-bond acceptors (Lipinski definition) is 5. The van der Waals surface area contributed by atoms with Crippen molar-refractivity contribution < 1.29 is 13.2 Å². The van der Waals surface area contributed by atoms with Crippen LogP contribution in [0.2, 0.25) is 0 Å². The Morgan fingerprint density at radius 3 is 1.59 bits per heavy atom. The highest BCUT2D eigenvalue weighted by atomic mass is 19.2. The molecule has 6 aromatic carbocycles. The van der Waals surface area contributed by atoms with Crippen molar-refractivity contribution in [3.8, 4) is 57.0 Å². The molecule has 2 aromatic heterocycles.